The number of rotatable bonds is 3. The summed E-state index contributed by atoms with van der Waals surface area (Å²) >= 11 is 0. The number of hydrogen-bond donors (Lipinski definition) is 3. The van der Waals surface area contributed by atoms with Gasteiger partial charge in [0.15, 0.2) is 0 Å². The van der Waals surface area contributed by atoms with Gasteiger partial charge in [-0.2, -0.15) is 0 Å². The number of nitrogens with zero attached hydrogens (tertiary/aromatic N) is 1. The molecule has 0 bridgehead atoms. The average molecular weight is 403 g/mol. The lowest BCUT2D eigenvalue weighted by molar-refractivity contribution is -0.103. The quantitative estimate of drug-likeness (QED) is 0.619. The van der Waals surface area contributed by atoms with Crippen molar-refractivity contribution in [2.45, 2.75) is 50.0 Å². The molecular weight excluding hydrogens is 372 g/mol. The maximum atomic E-state index is 12.4. The van der Waals surface area contributed by atoms with Crippen molar-refractivity contribution in [1.82, 2.24) is 9.88 Å². The number of phenols is 1. The number of hydrogen-bond acceptors (Lipinski definition) is 3. The highest BCUT2D eigenvalue weighted by Crippen LogP contribution is 2.52. The molecule has 2 atom stereocenters. The molecule has 2 heterocycles. The Hall–Kier alpha value is -2.30. The first-order valence-electron chi connectivity index (χ1n) is 11.3. The molecule has 2 aliphatic carbocycles. The molecule has 0 amide bonds. The van der Waals surface area contributed by atoms with Crippen LogP contribution in [0.25, 0.3) is 10.9 Å². The number of aromatic amines is 1. The summed E-state index contributed by atoms with van der Waals surface area (Å²) in [5, 5.41) is 23.9. The standard InChI is InChI=1S/C26H30N2O2/c1-17-4-2-7-22-24(17)21-13-26(30)16-28(15-18-8-9-18)11-10-25(26,14-23(21)27-22)19-5-3-6-20(29)12-19/h2-7,12,18,27,29-30H,8-11,13-16H2,1H3. The SMILES string of the molecule is Cc1cccc2[nH]c3c(c12)CC1(O)CN(CC2CC2)CCC1(c1cccc(O)c1)C3. The van der Waals surface area contributed by atoms with Crippen LogP contribution in [0, 0.1) is 12.8 Å². The first-order chi connectivity index (χ1) is 14.5. The Balaban J connectivity index is 1.51. The lowest BCUT2D eigenvalue weighted by Gasteiger charge is -2.56. The third-order valence-electron chi connectivity index (χ3n) is 8.02. The van der Waals surface area contributed by atoms with Crippen molar-refractivity contribution in [3.63, 3.8) is 0 Å². The number of likely N-dealkylation sites (tertiary alicyclic amines) is 1. The summed E-state index contributed by atoms with van der Waals surface area (Å²) < 4.78 is 0. The fourth-order valence-corrected chi connectivity index (χ4v) is 6.30. The van der Waals surface area contributed by atoms with Crippen LogP contribution in [-0.2, 0) is 18.3 Å². The van der Waals surface area contributed by atoms with Crippen LogP contribution in [-0.4, -0.2) is 45.3 Å². The van der Waals surface area contributed by atoms with Crippen molar-refractivity contribution in [1.29, 1.82) is 0 Å². The predicted molar refractivity (Wildman–Crippen MR) is 119 cm³/mol. The number of benzene rings is 2. The molecule has 1 aliphatic heterocycles. The average Bonchev–Trinajstić information content (AvgIpc) is 3.45. The highest BCUT2D eigenvalue weighted by atomic mass is 16.3. The molecule has 6 rings (SSSR count). The fourth-order valence-electron chi connectivity index (χ4n) is 6.30. The Kier molecular flexibility index (Phi) is 3.91. The van der Waals surface area contributed by atoms with E-state index < -0.39 is 5.60 Å². The number of nitrogens with one attached hydrogen (secondary N) is 1. The minimum absolute atomic E-state index is 0.280. The van der Waals surface area contributed by atoms with Crippen LogP contribution < -0.4 is 0 Å². The van der Waals surface area contributed by atoms with Gasteiger partial charge in [0.05, 0.1) is 5.60 Å². The van der Waals surface area contributed by atoms with Crippen LogP contribution in [0.15, 0.2) is 42.5 Å². The Morgan fingerprint density at radius 3 is 2.77 bits per heavy atom. The van der Waals surface area contributed by atoms with Crippen LogP contribution in [0.4, 0.5) is 0 Å². The van der Waals surface area contributed by atoms with Crippen molar-refractivity contribution in [2.24, 2.45) is 5.92 Å². The molecule has 1 aromatic heterocycles. The van der Waals surface area contributed by atoms with Gasteiger partial charge in [0.2, 0.25) is 0 Å². The Bertz CT molecular complexity index is 1130. The molecule has 1 saturated heterocycles. The molecule has 2 fully saturated rings. The number of aromatic hydroxyl groups is 1. The smallest absolute Gasteiger partial charge is 0.115 e. The van der Waals surface area contributed by atoms with Crippen molar-refractivity contribution >= 4 is 10.9 Å². The van der Waals surface area contributed by atoms with Crippen molar-refractivity contribution in [3.05, 3.63) is 64.8 Å². The van der Waals surface area contributed by atoms with Crippen LogP contribution in [0.1, 0.15) is 41.6 Å². The second kappa shape index (κ2) is 6.35. The normalized spacial score (nSPS) is 29.0. The topological polar surface area (TPSA) is 59.5 Å². The third-order valence-corrected chi connectivity index (χ3v) is 8.02. The zero-order valence-corrected chi connectivity index (χ0v) is 17.6. The second-order valence-electron chi connectivity index (χ2n) is 10.0. The van der Waals surface area contributed by atoms with Crippen LogP contribution in [0.3, 0.4) is 0 Å². The third kappa shape index (κ3) is 2.67. The zero-order chi connectivity index (χ0) is 20.5. The summed E-state index contributed by atoms with van der Waals surface area (Å²) in [7, 11) is 0. The van der Waals surface area contributed by atoms with E-state index in [0.717, 1.165) is 37.4 Å². The molecule has 3 aliphatic rings. The molecule has 1 saturated carbocycles. The van der Waals surface area contributed by atoms with Gasteiger partial charge in [-0.1, -0.05) is 24.3 Å². The maximum Gasteiger partial charge on any atom is 0.115 e. The molecular formula is C26H30N2O2. The van der Waals surface area contributed by atoms with E-state index in [1.807, 2.05) is 12.1 Å². The van der Waals surface area contributed by atoms with Gasteiger partial charge in [0.25, 0.3) is 0 Å². The predicted octanol–water partition coefficient (Wildman–Crippen LogP) is 4.07. The van der Waals surface area contributed by atoms with Crippen molar-refractivity contribution in [3.8, 4) is 5.75 Å². The molecule has 0 radical (unpaired) electrons. The zero-order valence-electron chi connectivity index (χ0n) is 17.6. The van der Waals surface area contributed by atoms with E-state index >= 15 is 0 Å². The van der Waals surface area contributed by atoms with Crippen LogP contribution in [0.5, 0.6) is 5.75 Å². The molecule has 3 N–H and O–H groups in total. The van der Waals surface area contributed by atoms with E-state index in [1.165, 1.54) is 40.6 Å². The molecule has 4 nitrogen and oxygen atoms in total. The monoisotopic (exact) mass is 402 g/mol. The second-order valence-corrected chi connectivity index (χ2v) is 10.0. The Morgan fingerprint density at radius 1 is 1.13 bits per heavy atom. The van der Waals surface area contributed by atoms with Gasteiger partial charge >= 0.3 is 0 Å². The van der Waals surface area contributed by atoms with Gasteiger partial charge in [0, 0.05) is 47.9 Å². The maximum absolute atomic E-state index is 12.4. The largest absolute Gasteiger partial charge is 0.508 e. The van der Waals surface area contributed by atoms with Gasteiger partial charge in [-0.3, -0.25) is 0 Å². The Labute approximate surface area is 177 Å². The van der Waals surface area contributed by atoms with Crippen molar-refractivity contribution in [2.75, 3.05) is 19.6 Å². The van der Waals surface area contributed by atoms with E-state index in [-0.39, 0.29) is 11.2 Å². The Morgan fingerprint density at radius 2 is 1.97 bits per heavy atom. The lowest BCUT2D eigenvalue weighted by atomic mass is 9.56. The summed E-state index contributed by atoms with van der Waals surface area (Å²) in [6.07, 6.45) is 5.02. The summed E-state index contributed by atoms with van der Waals surface area (Å²) in [4.78, 5) is 6.17. The number of β-amino-alcohol motifs (C(OH)–C–C–N with tert-alkyl or cyclic N) is 1. The van der Waals surface area contributed by atoms with Gasteiger partial charge in [0.1, 0.15) is 5.75 Å². The summed E-state index contributed by atoms with van der Waals surface area (Å²) in [5.74, 6) is 1.10. The molecule has 2 aromatic carbocycles. The van der Waals surface area contributed by atoms with Gasteiger partial charge in [-0.05, 0) is 73.5 Å². The fraction of sp³-hybridized carbons (Fsp3) is 0.462. The molecule has 4 heteroatoms. The van der Waals surface area contributed by atoms with Gasteiger partial charge in [-0.25, -0.2) is 0 Å². The summed E-state index contributed by atoms with van der Waals surface area (Å²) in [5.41, 5.74) is 4.81. The van der Waals surface area contributed by atoms with Crippen molar-refractivity contribution < 1.29 is 10.2 Å². The summed E-state index contributed by atoms with van der Waals surface area (Å²) in [6, 6.07) is 14.0. The summed E-state index contributed by atoms with van der Waals surface area (Å²) in [6.45, 7) is 4.98. The number of aryl methyl sites for hydroxylation is 1. The van der Waals surface area contributed by atoms with Crippen LogP contribution >= 0.6 is 0 Å². The first-order valence-corrected chi connectivity index (χ1v) is 11.3. The van der Waals surface area contributed by atoms with E-state index in [0.29, 0.717) is 13.0 Å². The molecule has 2 unspecified atom stereocenters. The first kappa shape index (κ1) is 18.5. The van der Waals surface area contributed by atoms with Gasteiger partial charge in [-0.15, -0.1) is 0 Å². The number of piperidine rings is 1. The van der Waals surface area contributed by atoms with Crippen LogP contribution in [0.2, 0.25) is 0 Å². The molecule has 30 heavy (non-hydrogen) atoms. The van der Waals surface area contributed by atoms with Gasteiger partial charge < -0.3 is 20.1 Å². The number of aromatic nitrogens is 1. The highest BCUT2D eigenvalue weighted by molar-refractivity contribution is 5.88. The van der Waals surface area contributed by atoms with E-state index in [1.54, 1.807) is 6.07 Å². The van der Waals surface area contributed by atoms with E-state index in [2.05, 4.69) is 41.1 Å². The highest BCUT2D eigenvalue weighted by Gasteiger charge is 2.57. The molecule has 0 spiro atoms. The minimum Gasteiger partial charge on any atom is -0.508 e. The number of H-pyrrole nitrogens is 1. The molecule has 3 aromatic rings. The number of fused-ring (bicyclic) bond motifs is 4. The lowest BCUT2D eigenvalue weighted by Crippen LogP contribution is -2.66. The minimum atomic E-state index is -0.849. The molecule has 156 valence electrons. The van der Waals surface area contributed by atoms with E-state index in [4.69, 9.17) is 0 Å². The number of aliphatic hydroxyl groups is 1. The van der Waals surface area contributed by atoms with E-state index in [9.17, 15) is 10.2 Å². The number of phenolic OH excluding ortho intramolecular Hbond substituents is 1.